The summed E-state index contributed by atoms with van der Waals surface area (Å²) < 4.78 is 17.5. The van der Waals surface area contributed by atoms with E-state index >= 15 is 0 Å². The van der Waals surface area contributed by atoms with Crippen molar-refractivity contribution in [1.29, 1.82) is 0 Å². The average Bonchev–Trinajstić information content (AvgIpc) is 3.30. The molecule has 0 bridgehead atoms. The number of amides is 1. The molecule has 0 unspecified atom stereocenters. The van der Waals surface area contributed by atoms with Crippen LogP contribution >= 0.6 is 0 Å². The standard InChI is InChI=1S/C21H20FN5O/c1-26-12-10-23-21(26)20(15-5-4-6-16(22)13-15)25-19(28)9-11-27-14-24-17-7-2-3-8-18(17)27/h2-8,10,12-14,20H,9,11H2,1H3,(H,25,28)/t20-/m0/s1. The molecule has 0 spiro atoms. The van der Waals surface area contributed by atoms with Crippen LogP contribution < -0.4 is 5.32 Å². The Morgan fingerprint density at radius 2 is 2.04 bits per heavy atom. The van der Waals surface area contributed by atoms with Gasteiger partial charge in [0, 0.05) is 32.4 Å². The van der Waals surface area contributed by atoms with Crippen molar-refractivity contribution in [2.45, 2.75) is 19.0 Å². The number of benzene rings is 2. The van der Waals surface area contributed by atoms with Crippen molar-refractivity contribution in [3.05, 3.63) is 84.5 Å². The predicted molar refractivity (Wildman–Crippen MR) is 104 cm³/mol. The highest BCUT2D eigenvalue weighted by molar-refractivity contribution is 5.78. The number of imidazole rings is 2. The summed E-state index contributed by atoms with van der Waals surface area (Å²) >= 11 is 0. The number of hydrogen-bond donors (Lipinski definition) is 1. The number of aryl methyl sites for hydroxylation is 2. The van der Waals surface area contributed by atoms with Crippen LogP contribution in [-0.2, 0) is 18.4 Å². The van der Waals surface area contributed by atoms with Crippen LogP contribution in [0, 0.1) is 5.82 Å². The fourth-order valence-electron chi connectivity index (χ4n) is 3.28. The summed E-state index contributed by atoms with van der Waals surface area (Å²) in [6.45, 7) is 0.503. The highest BCUT2D eigenvalue weighted by atomic mass is 19.1. The van der Waals surface area contributed by atoms with Crippen LogP contribution in [0.4, 0.5) is 4.39 Å². The molecule has 1 N–H and O–H groups in total. The van der Waals surface area contributed by atoms with Gasteiger partial charge in [-0.05, 0) is 29.8 Å². The molecular weight excluding hydrogens is 357 g/mol. The van der Waals surface area contributed by atoms with Crippen LogP contribution in [0.2, 0.25) is 0 Å². The number of halogens is 1. The Morgan fingerprint density at radius 1 is 1.18 bits per heavy atom. The number of fused-ring (bicyclic) bond motifs is 1. The van der Waals surface area contributed by atoms with E-state index in [0.717, 1.165) is 11.0 Å². The second-order valence-corrected chi connectivity index (χ2v) is 6.63. The Bertz CT molecular complexity index is 1120. The van der Waals surface area contributed by atoms with Gasteiger partial charge in [-0.3, -0.25) is 4.79 Å². The minimum atomic E-state index is -0.525. The second-order valence-electron chi connectivity index (χ2n) is 6.63. The fourth-order valence-corrected chi connectivity index (χ4v) is 3.28. The van der Waals surface area contributed by atoms with Crippen LogP contribution in [-0.4, -0.2) is 25.0 Å². The quantitative estimate of drug-likeness (QED) is 0.561. The summed E-state index contributed by atoms with van der Waals surface area (Å²) in [7, 11) is 1.85. The van der Waals surface area contributed by atoms with Gasteiger partial charge in [0.1, 0.15) is 17.7 Å². The number of carbonyl (C=O) groups is 1. The molecule has 0 aliphatic heterocycles. The fraction of sp³-hybridized carbons (Fsp3) is 0.190. The van der Waals surface area contributed by atoms with E-state index in [2.05, 4.69) is 15.3 Å². The smallest absolute Gasteiger partial charge is 0.222 e. The van der Waals surface area contributed by atoms with Gasteiger partial charge in [0.05, 0.1) is 17.4 Å². The molecule has 0 aliphatic rings. The normalized spacial score (nSPS) is 12.2. The third kappa shape index (κ3) is 3.64. The van der Waals surface area contributed by atoms with Gasteiger partial charge < -0.3 is 14.5 Å². The molecule has 2 aromatic heterocycles. The molecule has 1 amide bonds. The van der Waals surface area contributed by atoms with E-state index in [1.807, 2.05) is 40.4 Å². The first-order valence-electron chi connectivity index (χ1n) is 9.04. The van der Waals surface area contributed by atoms with E-state index < -0.39 is 6.04 Å². The number of nitrogens with one attached hydrogen (secondary N) is 1. The molecule has 0 aliphatic carbocycles. The molecule has 0 saturated heterocycles. The second kappa shape index (κ2) is 7.64. The van der Waals surface area contributed by atoms with Gasteiger partial charge >= 0.3 is 0 Å². The largest absolute Gasteiger partial charge is 0.342 e. The molecule has 0 fully saturated rings. The summed E-state index contributed by atoms with van der Waals surface area (Å²) in [5.41, 5.74) is 2.53. The Kier molecular flexibility index (Phi) is 4.89. The van der Waals surface area contributed by atoms with Gasteiger partial charge in [0.2, 0.25) is 5.91 Å². The Balaban J connectivity index is 1.52. The van der Waals surface area contributed by atoms with E-state index in [9.17, 15) is 9.18 Å². The maximum Gasteiger partial charge on any atom is 0.222 e. The first-order chi connectivity index (χ1) is 13.6. The third-order valence-corrected chi connectivity index (χ3v) is 4.71. The molecule has 1 atom stereocenters. The van der Waals surface area contributed by atoms with E-state index in [1.165, 1.54) is 12.1 Å². The van der Waals surface area contributed by atoms with Crippen molar-refractivity contribution in [2.24, 2.45) is 7.05 Å². The number of rotatable bonds is 6. The zero-order chi connectivity index (χ0) is 19.5. The molecule has 2 heterocycles. The zero-order valence-corrected chi connectivity index (χ0v) is 15.4. The lowest BCUT2D eigenvalue weighted by Crippen LogP contribution is -2.31. The SMILES string of the molecule is Cn1ccnc1[C@@H](NC(=O)CCn1cnc2ccccc21)c1cccc(F)c1. The Morgan fingerprint density at radius 3 is 2.82 bits per heavy atom. The van der Waals surface area contributed by atoms with Crippen molar-refractivity contribution in [3.8, 4) is 0 Å². The van der Waals surface area contributed by atoms with Gasteiger partial charge in [0.25, 0.3) is 0 Å². The van der Waals surface area contributed by atoms with E-state index in [1.54, 1.807) is 30.9 Å². The molecule has 4 aromatic rings. The van der Waals surface area contributed by atoms with Gasteiger partial charge in [-0.2, -0.15) is 0 Å². The number of para-hydroxylation sites is 2. The highest BCUT2D eigenvalue weighted by Gasteiger charge is 2.21. The molecule has 142 valence electrons. The maximum absolute atomic E-state index is 13.7. The summed E-state index contributed by atoms with van der Waals surface area (Å²) in [5, 5.41) is 2.99. The lowest BCUT2D eigenvalue weighted by molar-refractivity contribution is -0.121. The highest BCUT2D eigenvalue weighted by Crippen LogP contribution is 2.21. The van der Waals surface area contributed by atoms with Crippen molar-refractivity contribution in [2.75, 3.05) is 0 Å². The summed E-state index contributed by atoms with van der Waals surface area (Å²) in [5.74, 6) is 0.151. The minimum Gasteiger partial charge on any atom is -0.342 e. The molecule has 28 heavy (non-hydrogen) atoms. The van der Waals surface area contributed by atoms with Crippen molar-refractivity contribution < 1.29 is 9.18 Å². The van der Waals surface area contributed by atoms with Crippen LogP contribution in [0.1, 0.15) is 23.9 Å². The number of hydrogen-bond acceptors (Lipinski definition) is 3. The lowest BCUT2D eigenvalue weighted by atomic mass is 10.1. The molecule has 7 heteroatoms. The zero-order valence-electron chi connectivity index (χ0n) is 15.4. The van der Waals surface area contributed by atoms with Gasteiger partial charge in [-0.25, -0.2) is 14.4 Å². The lowest BCUT2D eigenvalue weighted by Gasteiger charge is -2.19. The summed E-state index contributed by atoms with van der Waals surface area (Å²) in [6, 6.07) is 13.5. The average molecular weight is 377 g/mol. The number of carbonyl (C=O) groups excluding carboxylic acids is 1. The van der Waals surface area contributed by atoms with Crippen LogP contribution in [0.3, 0.4) is 0 Å². The molecular formula is C21H20FN5O. The van der Waals surface area contributed by atoms with E-state index in [-0.39, 0.29) is 18.1 Å². The predicted octanol–water partition coefficient (Wildman–Crippen LogP) is 3.20. The Labute approximate surface area is 161 Å². The topological polar surface area (TPSA) is 64.7 Å². The van der Waals surface area contributed by atoms with Gasteiger partial charge in [-0.15, -0.1) is 0 Å². The van der Waals surface area contributed by atoms with E-state index in [4.69, 9.17) is 0 Å². The Hall–Kier alpha value is -3.48. The van der Waals surface area contributed by atoms with Crippen molar-refractivity contribution >= 4 is 16.9 Å². The minimum absolute atomic E-state index is 0.143. The first-order valence-corrected chi connectivity index (χ1v) is 9.04. The monoisotopic (exact) mass is 377 g/mol. The molecule has 0 saturated carbocycles. The van der Waals surface area contributed by atoms with Gasteiger partial charge in [0.15, 0.2) is 0 Å². The van der Waals surface area contributed by atoms with Crippen molar-refractivity contribution in [1.82, 2.24) is 24.4 Å². The maximum atomic E-state index is 13.7. The third-order valence-electron chi connectivity index (χ3n) is 4.71. The van der Waals surface area contributed by atoms with Crippen LogP contribution in [0.5, 0.6) is 0 Å². The number of nitrogens with zero attached hydrogens (tertiary/aromatic N) is 4. The first kappa shape index (κ1) is 17.9. The number of aromatic nitrogens is 4. The van der Waals surface area contributed by atoms with Gasteiger partial charge in [-0.1, -0.05) is 24.3 Å². The molecule has 2 aromatic carbocycles. The molecule has 0 radical (unpaired) electrons. The summed E-state index contributed by atoms with van der Waals surface area (Å²) in [4.78, 5) is 21.4. The van der Waals surface area contributed by atoms with E-state index in [0.29, 0.717) is 17.9 Å². The van der Waals surface area contributed by atoms with Crippen LogP contribution in [0.25, 0.3) is 11.0 Å². The molecule has 4 rings (SSSR count). The van der Waals surface area contributed by atoms with Crippen molar-refractivity contribution in [3.63, 3.8) is 0 Å². The van der Waals surface area contributed by atoms with Crippen LogP contribution in [0.15, 0.2) is 67.3 Å². The summed E-state index contributed by atoms with van der Waals surface area (Å²) in [6.07, 6.45) is 5.47. The molecule has 6 nitrogen and oxygen atoms in total.